The number of nitrogens with two attached hydrogens (primary N) is 1. The number of fused-ring (bicyclic) bond motifs is 1. The molecule has 0 fully saturated rings. The number of carboxylic acid groups (broad SMARTS) is 1. The fraction of sp³-hybridized carbons (Fsp3) is 0.188. The van der Waals surface area contributed by atoms with Gasteiger partial charge in [0.1, 0.15) is 12.4 Å². The quantitative estimate of drug-likeness (QED) is 0.849. The van der Waals surface area contributed by atoms with Crippen LogP contribution in [0.15, 0.2) is 47.4 Å². The number of carboxylic acids is 1. The summed E-state index contributed by atoms with van der Waals surface area (Å²) in [5, 5.41) is 9.40. The molecule has 21 heavy (non-hydrogen) atoms. The number of aromatic carboxylic acids is 1. The van der Waals surface area contributed by atoms with Crippen molar-refractivity contribution in [3.05, 3.63) is 53.6 Å². The molecule has 0 radical (unpaired) electrons. The van der Waals surface area contributed by atoms with E-state index in [0.29, 0.717) is 17.6 Å². The van der Waals surface area contributed by atoms with Crippen molar-refractivity contribution in [2.24, 2.45) is 0 Å². The maximum absolute atomic E-state index is 11.0. The number of rotatable bonds is 4. The minimum Gasteiger partial charge on any atom is -0.492 e. The molecule has 1 atom stereocenters. The van der Waals surface area contributed by atoms with E-state index in [1.165, 1.54) is 16.5 Å². The lowest BCUT2D eigenvalue weighted by atomic mass is 10.1. The van der Waals surface area contributed by atoms with Crippen LogP contribution in [0.1, 0.15) is 15.9 Å². The summed E-state index contributed by atoms with van der Waals surface area (Å²) in [6.45, 7) is 0.544. The molecule has 0 saturated carbocycles. The van der Waals surface area contributed by atoms with Gasteiger partial charge in [-0.2, -0.15) is 0 Å². The summed E-state index contributed by atoms with van der Waals surface area (Å²) in [6.07, 6.45) is 0.974. The molecule has 3 N–H and O–H groups in total. The van der Waals surface area contributed by atoms with Crippen LogP contribution in [0.5, 0.6) is 5.75 Å². The molecule has 1 aliphatic heterocycles. The Balaban J connectivity index is 1.64. The minimum absolute atomic E-state index is 0.0786. The molecule has 108 valence electrons. The molecule has 0 bridgehead atoms. The summed E-state index contributed by atoms with van der Waals surface area (Å²) in [5.74, 6) is -0.501. The van der Waals surface area contributed by atoms with Crippen LogP contribution in [0, 0.1) is 0 Å². The van der Waals surface area contributed by atoms with Crippen molar-refractivity contribution >= 4 is 23.4 Å². The Kier molecular flexibility index (Phi) is 3.75. The number of hydrogen-bond donors (Lipinski definition) is 2. The third kappa shape index (κ3) is 2.97. The van der Waals surface area contributed by atoms with Crippen LogP contribution in [0.3, 0.4) is 0 Å². The average Bonchev–Trinajstić information content (AvgIpc) is 2.89. The van der Waals surface area contributed by atoms with Gasteiger partial charge in [-0.05, 0) is 36.2 Å². The average molecular weight is 301 g/mol. The Morgan fingerprint density at radius 3 is 2.90 bits per heavy atom. The van der Waals surface area contributed by atoms with Crippen molar-refractivity contribution in [2.45, 2.75) is 16.6 Å². The Bertz CT molecular complexity index is 662. The first-order valence-corrected chi connectivity index (χ1v) is 7.51. The zero-order valence-electron chi connectivity index (χ0n) is 11.3. The van der Waals surface area contributed by atoms with Gasteiger partial charge in [0.15, 0.2) is 0 Å². The first kappa shape index (κ1) is 13.8. The van der Waals surface area contributed by atoms with Gasteiger partial charge in [0.05, 0.1) is 5.56 Å². The maximum atomic E-state index is 11.0. The highest BCUT2D eigenvalue weighted by molar-refractivity contribution is 8.00. The van der Waals surface area contributed by atoms with Crippen LogP contribution in [0.25, 0.3) is 0 Å². The molecular formula is C16H15NO3S. The van der Waals surface area contributed by atoms with Gasteiger partial charge in [0, 0.05) is 15.8 Å². The number of anilines is 1. The van der Waals surface area contributed by atoms with E-state index in [-0.39, 0.29) is 11.3 Å². The van der Waals surface area contributed by atoms with Crippen molar-refractivity contribution in [3.63, 3.8) is 0 Å². The third-order valence-corrected chi connectivity index (χ3v) is 4.69. The van der Waals surface area contributed by atoms with E-state index in [4.69, 9.17) is 15.6 Å². The highest BCUT2D eigenvalue weighted by Crippen LogP contribution is 2.37. The lowest BCUT2D eigenvalue weighted by Gasteiger charge is -2.12. The molecular weight excluding hydrogens is 286 g/mol. The van der Waals surface area contributed by atoms with Gasteiger partial charge in [-0.3, -0.25) is 0 Å². The van der Waals surface area contributed by atoms with Gasteiger partial charge >= 0.3 is 5.97 Å². The molecule has 0 aliphatic carbocycles. The molecule has 2 aromatic rings. The van der Waals surface area contributed by atoms with E-state index < -0.39 is 5.97 Å². The van der Waals surface area contributed by atoms with Gasteiger partial charge in [-0.15, -0.1) is 11.8 Å². The van der Waals surface area contributed by atoms with Crippen molar-refractivity contribution in [2.75, 3.05) is 12.3 Å². The van der Waals surface area contributed by atoms with Gasteiger partial charge < -0.3 is 15.6 Å². The molecule has 1 heterocycles. The van der Waals surface area contributed by atoms with Gasteiger partial charge in [0.25, 0.3) is 0 Å². The van der Waals surface area contributed by atoms with Gasteiger partial charge in [-0.25, -0.2) is 4.79 Å². The topological polar surface area (TPSA) is 72.5 Å². The molecule has 0 saturated heterocycles. The summed E-state index contributed by atoms with van der Waals surface area (Å²) < 4.78 is 5.73. The summed E-state index contributed by atoms with van der Waals surface area (Å²) in [4.78, 5) is 12.3. The first-order chi connectivity index (χ1) is 10.1. The number of carbonyl (C=O) groups is 1. The predicted octanol–water partition coefficient (Wildman–Crippen LogP) is 3.06. The number of nitrogen functional groups attached to an aromatic ring is 1. The standard InChI is InChI=1S/C16H15NO3S/c17-14-6-5-11(8-13(14)16(18)19)20-9-12-7-10-3-1-2-4-15(10)21-12/h1-6,8,12H,7,9,17H2,(H,18,19). The van der Waals surface area contributed by atoms with Crippen molar-refractivity contribution in [1.29, 1.82) is 0 Å². The molecule has 0 aromatic heterocycles. The number of benzene rings is 2. The van der Waals surface area contributed by atoms with E-state index in [0.717, 1.165) is 6.42 Å². The molecule has 3 rings (SSSR count). The third-order valence-electron chi connectivity index (χ3n) is 3.40. The van der Waals surface area contributed by atoms with Crippen LogP contribution >= 0.6 is 11.8 Å². The number of thioether (sulfide) groups is 1. The molecule has 4 nitrogen and oxygen atoms in total. The molecule has 2 aromatic carbocycles. The number of hydrogen-bond acceptors (Lipinski definition) is 4. The van der Waals surface area contributed by atoms with E-state index in [2.05, 4.69) is 12.1 Å². The summed E-state index contributed by atoms with van der Waals surface area (Å²) in [7, 11) is 0. The van der Waals surface area contributed by atoms with Gasteiger partial charge in [0.2, 0.25) is 0 Å². The lowest BCUT2D eigenvalue weighted by molar-refractivity contribution is 0.0697. The van der Waals surface area contributed by atoms with E-state index in [9.17, 15) is 4.79 Å². The number of ether oxygens (including phenoxy) is 1. The fourth-order valence-electron chi connectivity index (χ4n) is 2.35. The molecule has 1 aliphatic rings. The summed E-state index contributed by atoms with van der Waals surface area (Å²) in [5.41, 5.74) is 7.30. The minimum atomic E-state index is -1.04. The second kappa shape index (κ2) is 5.69. The Morgan fingerprint density at radius 2 is 2.14 bits per heavy atom. The van der Waals surface area contributed by atoms with E-state index >= 15 is 0 Å². The van der Waals surface area contributed by atoms with Gasteiger partial charge in [-0.1, -0.05) is 18.2 Å². The molecule has 1 unspecified atom stereocenters. The zero-order valence-corrected chi connectivity index (χ0v) is 12.1. The zero-order chi connectivity index (χ0) is 14.8. The lowest BCUT2D eigenvalue weighted by Crippen LogP contribution is -2.14. The van der Waals surface area contributed by atoms with Crippen molar-refractivity contribution in [1.82, 2.24) is 0 Å². The molecule has 0 spiro atoms. The highest BCUT2D eigenvalue weighted by atomic mass is 32.2. The van der Waals surface area contributed by atoms with E-state index in [1.807, 2.05) is 12.1 Å². The first-order valence-electron chi connectivity index (χ1n) is 6.63. The normalized spacial score (nSPS) is 16.5. The Hall–Kier alpha value is -2.14. The van der Waals surface area contributed by atoms with Crippen molar-refractivity contribution in [3.8, 4) is 5.75 Å². The Morgan fingerprint density at radius 1 is 1.33 bits per heavy atom. The van der Waals surface area contributed by atoms with Crippen LogP contribution in [-0.2, 0) is 6.42 Å². The van der Waals surface area contributed by atoms with Crippen LogP contribution < -0.4 is 10.5 Å². The van der Waals surface area contributed by atoms with Crippen LogP contribution in [-0.4, -0.2) is 22.9 Å². The largest absolute Gasteiger partial charge is 0.492 e. The second-order valence-electron chi connectivity index (χ2n) is 4.92. The van der Waals surface area contributed by atoms with Crippen LogP contribution in [0.2, 0.25) is 0 Å². The highest BCUT2D eigenvalue weighted by Gasteiger charge is 2.22. The monoisotopic (exact) mass is 301 g/mol. The van der Waals surface area contributed by atoms with Crippen LogP contribution in [0.4, 0.5) is 5.69 Å². The maximum Gasteiger partial charge on any atom is 0.337 e. The predicted molar refractivity (Wildman–Crippen MR) is 83.1 cm³/mol. The van der Waals surface area contributed by atoms with Crippen molar-refractivity contribution < 1.29 is 14.6 Å². The summed E-state index contributed by atoms with van der Waals surface area (Å²) in [6, 6.07) is 13.1. The fourth-order valence-corrected chi connectivity index (χ4v) is 3.56. The SMILES string of the molecule is Nc1ccc(OCC2Cc3ccccc3S2)cc1C(=O)O. The molecule has 5 heteroatoms. The Labute approximate surface area is 126 Å². The van der Waals surface area contributed by atoms with E-state index in [1.54, 1.807) is 23.9 Å². The second-order valence-corrected chi connectivity index (χ2v) is 6.26. The smallest absolute Gasteiger partial charge is 0.337 e. The summed E-state index contributed by atoms with van der Waals surface area (Å²) >= 11 is 1.80. The molecule has 0 amide bonds.